The van der Waals surface area contributed by atoms with E-state index in [-0.39, 0.29) is 18.6 Å². The van der Waals surface area contributed by atoms with Gasteiger partial charge in [0.1, 0.15) is 12.8 Å². The Hall–Kier alpha value is -2.08. The molecule has 7 nitrogen and oxygen atoms in total. The molecule has 0 amide bonds. The molecule has 0 radical (unpaired) electrons. The second-order valence-electron chi connectivity index (χ2n) is 5.77. The summed E-state index contributed by atoms with van der Waals surface area (Å²) in [5, 5.41) is 0.631. The summed E-state index contributed by atoms with van der Waals surface area (Å²) in [6, 6.07) is 10.2. The Balaban J connectivity index is 1.63. The fourth-order valence-electron chi connectivity index (χ4n) is 2.77. The predicted molar refractivity (Wildman–Crippen MR) is 88.6 cm³/mol. The molecular formula is C16H18N2O5P+. The first-order valence-corrected chi connectivity index (χ1v) is 8.84. The Morgan fingerprint density at radius 2 is 2.04 bits per heavy atom. The monoisotopic (exact) mass is 349 g/mol. The van der Waals surface area contributed by atoms with Gasteiger partial charge in [-0.1, -0.05) is 25.1 Å². The molecule has 1 aromatic heterocycles. The molecule has 0 spiro atoms. The molecule has 1 saturated heterocycles. The van der Waals surface area contributed by atoms with Crippen LogP contribution in [0.4, 0.5) is 0 Å². The smallest absolute Gasteiger partial charge is 0.352 e. The number of hydrogen-bond donors (Lipinski definition) is 1. The maximum absolute atomic E-state index is 12.1. The lowest BCUT2D eigenvalue weighted by molar-refractivity contribution is -0.0283. The molecule has 8 heteroatoms. The topological polar surface area (TPSA) is 90.4 Å². The minimum atomic E-state index is -1.93. The van der Waals surface area contributed by atoms with E-state index < -0.39 is 25.5 Å². The fraction of sp³-hybridized carbons (Fsp3) is 0.375. The summed E-state index contributed by atoms with van der Waals surface area (Å²) in [5.41, 5.74) is -0.946. The van der Waals surface area contributed by atoms with Crippen molar-refractivity contribution in [2.24, 2.45) is 5.92 Å². The van der Waals surface area contributed by atoms with E-state index in [1.54, 1.807) is 24.3 Å². The maximum Gasteiger partial charge on any atom is 0.548 e. The molecule has 3 rings (SSSR count). The summed E-state index contributed by atoms with van der Waals surface area (Å²) in [6.07, 6.45) is 1.37. The first-order valence-electron chi connectivity index (χ1n) is 7.67. The van der Waals surface area contributed by atoms with Crippen LogP contribution in [0.25, 0.3) is 0 Å². The van der Waals surface area contributed by atoms with E-state index in [0.29, 0.717) is 11.7 Å². The van der Waals surface area contributed by atoms with Gasteiger partial charge in [-0.2, -0.15) is 0 Å². The zero-order chi connectivity index (χ0) is 17.1. The fourth-order valence-corrected chi connectivity index (χ4v) is 3.63. The van der Waals surface area contributed by atoms with Gasteiger partial charge in [0.15, 0.2) is 0 Å². The molecule has 3 unspecified atom stereocenters. The van der Waals surface area contributed by atoms with Crippen molar-refractivity contribution >= 4 is 13.3 Å². The van der Waals surface area contributed by atoms with E-state index in [0.717, 1.165) is 0 Å². The van der Waals surface area contributed by atoms with Crippen molar-refractivity contribution in [2.75, 3.05) is 6.61 Å². The molecule has 0 saturated carbocycles. The normalized spacial score (nSPS) is 24.0. The average molecular weight is 349 g/mol. The highest BCUT2D eigenvalue weighted by Crippen LogP contribution is 2.34. The zero-order valence-electron chi connectivity index (χ0n) is 13.1. The van der Waals surface area contributed by atoms with Crippen LogP contribution in [0.15, 0.2) is 52.2 Å². The third-order valence-corrected chi connectivity index (χ3v) is 5.03. The van der Waals surface area contributed by atoms with E-state index in [4.69, 9.17) is 9.26 Å². The van der Waals surface area contributed by atoms with Crippen LogP contribution in [-0.2, 0) is 13.8 Å². The number of H-pyrrole nitrogens is 1. The molecule has 1 aliphatic heterocycles. The highest BCUT2D eigenvalue weighted by Gasteiger charge is 2.36. The van der Waals surface area contributed by atoms with Gasteiger partial charge in [-0.15, -0.1) is 4.52 Å². The molecule has 2 heterocycles. The molecule has 1 N–H and O–H groups in total. The Morgan fingerprint density at radius 3 is 2.75 bits per heavy atom. The number of benzene rings is 1. The van der Waals surface area contributed by atoms with Gasteiger partial charge in [-0.25, -0.2) is 4.79 Å². The Kier molecular flexibility index (Phi) is 5.04. The average Bonchev–Trinajstić information content (AvgIpc) is 2.94. The molecule has 0 aliphatic carbocycles. The minimum absolute atomic E-state index is 0.0665. The Labute approximate surface area is 139 Å². The summed E-state index contributed by atoms with van der Waals surface area (Å²) in [5.74, 6) is 0.0665. The number of aromatic nitrogens is 2. The summed E-state index contributed by atoms with van der Waals surface area (Å²) in [7, 11) is -1.93. The van der Waals surface area contributed by atoms with E-state index in [1.165, 1.54) is 16.8 Å². The van der Waals surface area contributed by atoms with E-state index in [1.807, 2.05) is 13.0 Å². The van der Waals surface area contributed by atoms with Crippen molar-refractivity contribution < 1.29 is 13.8 Å². The van der Waals surface area contributed by atoms with E-state index in [9.17, 15) is 14.2 Å². The molecule has 0 bridgehead atoms. The number of ether oxygens (including phenoxy) is 1. The standard InChI is InChI=1S/C16H17N2O5P/c1-11-9-12(10-22-24(21)13-5-3-2-4-6-13)23-15(11)18-8-7-14(19)17-16(18)20/h2-8,11-12,15H,9-10H2,1H3/p+1/t11-,12?,15?/m0/s1. The molecular weight excluding hydrogens is 331 g/mol. The third kappa shape index (κ3) is 3.70. The highest BCUT2D eigenvalue weighted by molar-refractivity contribution is 7.48. The van der Waals surface area contributed by atoms with Crippen molar-refractivity contribution in [2.45, 2.75) is 25.7 Å². The quantitative estimate of drug-likeness (QED) is 0.827. The van der Waals surface area contributed by atoms with Gasteiger partial charge in [-0.3, -0.25) is 14.3 Å². The first kappa shape index (κ1) is 16.8. The summed E-state index contributed by atoms with van der Waals surface area (Å²) in [6.45, 7) is 2.14. The van der Waals surface area contributed by atoms with Crippen molar-refractivity contribution in [3.05, 3.63) is 63.4 Å². The molecule has 126 valence electrons. The second kappa shape index (κ2) is 7.21. The lowest BCUT2D eigenvalue weighted by Gasteiger charge is -2.17. The van der Waals surface area contributed by atoms with Crippen molar-refractivity contribution in [3.8, 4) is 0 Å². The largest absolute Gasteiger partial charge is 0.548 e. The van der Waals surface area contributed by atoms with Crippen molar-refractivity contribution in [1.82, 2.24) is 9.55 Å². The zero-order valence-corrected chi connectivity index (χ0v) is 14.0. The number of nitrogens with zero attached hydrogens (tertiary/aromatic N) is 1. The maximum atomic E-state index is 12.1. The second-order valence-corrected chi connectivity index (χ2v) is 7.06. The van der Waals surface area contributed by atoms with Gasteiger partial charge in [0.2, 0.25) is 5.30 Å². The summed E-state index contributed by atoms with van der Waals surface area (Å²) in [4.78, 5) is 25.2. The van der Waals surface area contributed by atoms with Crippen LogP contribution >= 0.6 is 8.03 Å². The van der Waals surface area contributed by atoms with Crippen LogP contribution in [0, 0.1) is 5.92 Å². The molecule has 1 aromatic carbocycles. The van der Waals surface area contributed by atoms with Gasteiger partial charge in [0.25, 0.3) is 5.56 Å². The Bertz CT molecular complexity index is 832. The van der Waals surface area contributed by atoms with Gasteiger partial charge >= 0.3 is 13.7 Å². The molecule has 24 heavy (non-hydrogen) atoms. The summed E-state index contributed by atoms with van der Waals surface area (Å²) >= 11 is 0. The van der Waals surface area contributed by atoms with Gasteiger partial charge in [0, 0.05) is 18.2 Å². The number of aromatic amines is 1. The Morgan fingerprint density at radius 1 is 1.29 bits per heavy atom. The van der Waals surface area contributed by atoms with Crippen LogP contribution in [-0.4, -0.2) is 22.3 Å². The number of hydrogen-bond acceptors (Lipinski definition) is 5. The molecule has 2 aromatic rings. The first-order chi connectivity index (χ1) is 11.5. The lowest BCUT2D eigenvalue weighted by Crippen LogP contribution is -2.33. The molecule has 1 fully saturated rings. The minimum Gasteiger partial charge on any atom is -0.352 e. The SMILES string of the molecule is C[C@H]1CC(CO[P+](=O)c2ccccc2)OC1n1ccc(=O)[nH]c1=O. The van der Waals surface area contributed by atoms with Crippen molar-refractivity contribution in [1.29, 1.82) is 0 Å². The van der Waals surface area contributed by atoms with Crippen LogP contribution in [0.5, 0.6) is 0 Å². The lowest BCUT2D eigenvalue weighted by atomic mass is 10.1. The highest BCUT2D eigenvalue weighted by atomic mass is 31.1. The predicted octanol–water partition coefficient (Wildman–Crippen LogP) is 1.54. The molecule has 4 atom stereocenters. The van der Waals surface area contributed by atoms with Crippen LogP contribution in [0.1, 0.15) is 19.6 Å². The van der Waals surface area contributed by atoms with E-state index in [2.05, 4.69) is 4.98 Å². The third-order valence-electron chi connectivity index (χ3n) is 3.92. The van der Waals surface area contributed by atoms with Gasteiger partial charge in [-0.05, 0) is 23.1 Å². The van der Waals surface area contributed by atoms with Gasteiger partial charge < -0.3 is 4.74 Å². The van der Waals surface area contributed by atoms with Crippen LogP contribution < -0.4 is 16.6 Å². The van der Waals surface area contributed by atoms with Crippen LogP contribution in [0.2, 0.25) is 0 Å². The van der Waals surface area contributed by atoms with Gasteiger partial charge in [0.05, 0.1) is 6.10 Å². The number of nitrogens with one attached hydrogen (secondary N) is 1. The van der Waals surface area contributed by atoms with Crippen molar-refractivity contribution in [3.63, 3.8) is 0 Å². The van der Waals surface area contributed by atoms with E-state index >= 15 is 0 Å². The number of rotatable bonds is 5. The van der Waals surface area contributed by atoms with Crippen LogP contribution in [0.3, 0.4) is 0 Å². The molecule has 1 aliphatic rings. The summed E-state index contributed by atoms with van der Waals surface area (Å²) < 4.78 is 24.8.